The van der Waals surface area contributed by atoms with Gasteiger partial charge in [0.15, 0.2) is 0 Å². The quantitative estimate of drug-likeness (QED) is 0.840. The van der Waals surface area contributed by atoms with Gasteiger partial charge in [0.25, 0.3) is 0 Å². The maximum absolute atomic E-state index is 13.3. The summed E-state index contributed by atoms with van der Waals surface area (Å²) in [6, 6.07) is 4.91. The van der Waals surface area contributed by atoms with E-state index in [4.69, 9.17) is 5.26 Å². The number of rotatable bonds is 6. The number of halogens is 1. The Balaban J connectivity index is 2.93. The molecule has 0 aliphatic carbocycles. The highest BCUT2D eigenvalue weighted by molar-refractivity contribution is 7.89. The molecule has 1 aromatic carbocycles. The van der Waals surface area contributed by atoms with Crippen molar-refractivity contribution in [2.75, 3.05) is 18.1 Å². The van der Waals surface area contributed by atoms with E-state index in [1.165, 1.54) is 12.1 Å². The molecule has 104 valence electrons. The lowest BCUT2D eigenvalue weighted by atomic mass is 10.2. The Morgan fingerprint density at radius 3 is 2.74 bits per heavy atom. The molecule has 1 rings (SSSR count). The summed E-state index contributed by atoms with van der Waals surface area (Å²) >= 11 is 0. The first-order chi connectivity index (χ1) is 8.92. The van der Waals surface area contributed by atoms with Crippen molar-refractivity contribution in [2.24, 2.45) is 0 Å². The van der Waals surface area contributed by atoms with Gasteiger partial charge in [-0.15, -0.1) is 0 Å². The Bertz CT molecular complexity index is 623. The molecule has 1 aromatic rings. The lowest BCUT2D eigenvalue weighted by Crippen LogP contribution is -2.29. The third-order valence-electron chi connectivity index (χ3n) is 2.32. The molecule has 8 heteroatoms. The predicted octanol–water partition coefficient (Wildman–Crippen LogP) is 0.744. The second-order valence-electron chi connectivity index (χ2n) is 3.56. The van der Waals surface area contributed by atoms with Crippen LogP contribution >= 0.6 is 0 Å². The van der Waals surface area contributed by atoms with Gasteiger partial charge in [-0.3, -0.25) is 4.21 Å². The minimum absolute atomic E-state index is 0.0236. The molecule has 5 nitrogen and oxygen atoms in total. The normalized spacial score (nSPS) is 12.9. The number of hydrogen-bond acceptors (Lipinski definition) is 4. The van der Waals surface area contributed by atoms with E-state index in [1.54, 1.807) is 6.92 Å². The molecule has 0 spiro atoms. The fourth-order valence-electron chi connectivity index (χ4n) is 1.35. The van der Waals surface area contributed by atoms with E-state index >= 15 is 0 Å². The van der Waals surface area contributed by atoms with E-state index in [2.05, 4.69) is 4.72 Å². The molecule has 0 bridgehead atoms. The van der Waals surface area contributed by atoms with Gasteiger partial charge >= 0.3 is 0 Å². The molecule has 0 aliphatic rings. The van der Waals surface area contributed by atoms with Gasteiger partial charge in [-0.25, -0.2) is 17.5 Å². The minimum Gasteiger partial charge on any atom is -0.260 e. The molecule has 0 radical (unpaired) electrons. The molecule has 0 aliphatic heterocycles. The Labute approximate surface area is 113 Å². The van der Waals surface area contributed by atoms with Gasteiger partial charge in [0.1, 0.15) is 22.3 Å². The molecule has 0 aromatic heterocycles. The Kier molecular flexibility index (Phi) is 5.60. The average Bonchev–Trinajstić information content (AvgIpc) is 2.37. The fraction of sp³-hybridized carbons (Fsp3) is 0.364. The first-order valence-corrected chi connectivity index (χ1v) is 8.42. The molecule has 1 N–H and O–H groups in total. The highest BCUT2D eigenvalue weighted by Gasteiger charge is 2.20. The number of sulfonamides is 1. The number of benzene rings is 1. The molecular weight excluding hydrogens is 291 g/mol. The monoisotopic (exact) mass is 304 g/mol. The maximum atomic E-state index is 13.3. The smallest absolute Gasteiger partial charge is 0.242 e. The van der Waals surface area contributed by atoms with Crippen LogP contribution < -0.4 is 4.72 Å². The van der Waals surface area contributed by atoms with Gasteiger partial charge in [0.2, 0.25) is 10.0 Å². The maximum Gasteiger partial charge on any atom is 0.242 e. The predicted molar refractivity (Wildman–Crippen MR) is 69.9 cm³/mol. The van der Waals surface area contributed by atoms with E-state index in [1.807, 2.05) is 0 Å². The van der Waals surface area contributed by atoms with Crippen LogP contribution in [0.25, 0.3) is 0 Å². The summed E-state index contributed by atoms with van der Waals surface area (Å²) in [5, 5.41) is 8.78. The van der Waals surface area contributed by atoms with Crippen molar-refractivity contribution in [3.8, 4) is 6.07 Å². The van der Waals surface area contributed by atoms with E-state index in [0.717, 1.165) is 12.1 Å². The van der Waals surface area contributed by atoms with Crippen LogP contribution in [0.2, 0.25) is 0 Å². The SMILES string of the molecule is CCS(=O)CCNS(=O)(=O)c1cccc(F)c1C#N. The van der Waals surface area contributed by atoms with Gasteiger partial charge in [-0.1, -0.05) is 13.0 Å². The second-order valence-corrected chi connectivity index (χ2v) is 7.16. The summed E-state index contributed by atoms with van der Waals surface area (Å²) in [5.74, 6) is -0.277. The number of nitrogens with one attached hydrogen (secondary N) is 1. The third kappa shape index (κ3) is 4.09. The van der Waals surface area contributed by atoms with Crippen molar-refractivity contribution < 1.29 is 17.0 Å². The molecule has 0 amide bonds. The lowest BCUT2D eigenvalue weighted by Gasteiger charge is -2.08. The fourth-order valence-corrected chi connectivity index (χ4v) is 3.29. The zero-order valence-corrected chi connectivity index (χ0v) is 11.9. The van der Waals surface area contributed by atoms with Crippen LogP contribution in [0.15, 0.2) is 23.1 Å². The van der Waals surface area contributed by atoms with Gasteiger partial charge in [0.05, 0.1) is 0 Å². The zero-order valence-electron chi connectivity index (χ0n) is 10.2. The topological polar surface area (TPSA) is 87.0 Å². The van der Waals surface area contributed by atoms with Crippen LogP contribution in [-0.2, 0) is 20.8 Å². The summed E-state index contributed by atoms with van der Waals surface area (Å²) in [5.41, 5.74) is -0.522. The van der Waals surface area contributed by atoms with Crippen molar-refractivity contribution in [3.05, 3.63) is 29.6 Å². The molecule has 1 atom stereocenters. The molecule has 1 unspecified atom stereocenters. The summed E-state index contributed by atoms with van der Waals surface area (Å²) in [6.07, 6.45) is 0. The van der Waals surface area contributed by atoms with Crippen LogP contribution in [0, 0.1) is 17.1 Å². The Hall–Kier alpha value is -1.30. The lowest BCUT2D eigenvalue weighted by molar-refractivity contribution is 0.578. The molecular formula is C11H13FN2O3S2. The van der Waals surface area contributed by atoms with E-state index in [9.17, 15) is 17.0 Å². The van der Waals surface area contributed by atoms with Crippen molar-refractivity contribution in [1.29, 1.82) is 5.26 Å². The van der Waals surface area contributed by atoms with Crippen LogP contribution in [0.4, 0.5) is 4.39 Å². The summed E-state index contributed by atoms with van der Waals surface area (Å²) < 4.78 is 50.5. The summed E-state index contributed by atoms with van der Waals surface area (Å²) in [4.78, 5) is -0.405. The number of nitrogens with zero attached hydrogens (tertiary/aromatic N) is 1. The second kappa shape index (κ2) is 6.75. The Morgan fingerprint density at radius 2 is 2.16 bits per heavy atom. The standard InChI is InChI=1S/C11H13FN2O3S2/c1-2-18(15)7-6-14-19(16,17)11-5-3-4-10(12)9(11)8-13/h3-5,14H,2,6-7H2,1H3. The number of hydrogen-bond donors (Lipinski definition) is 1. The van der Waals surface area contributed by atoms with Crippen LogP contribution in [-0.4, -0.2) is 30.7 Å². The van der Waals surface area contributed by atoms with Crippen molar-refractivity contribution in [1.82, 2.24) is 4.72 Å². The largest absolute Gasteiger partial charge is 0.260 e. The van der Waals surface area contributed by atoms with Crippen molar-refractivity contribution in [3.63, 3.8) is 0 Å². The highest BCUT2D eigenvalue weighted by Crippen LogP contribution is 2.17. The summed E-state index contributed by atoms with van der Waals surface area (Å²) in [7, 11) is -5.07. The van der Waals surface area contributed by atoms with Gasteiger partial charge in [-0.05, 0) is 12.1 Å². The summed E-state index contributed by atoms with van der Waals surface area (Å²) in [6.45, 7) is 1.70. The number of nitriles is 1. The Morgan fingerprint density at radius 1 is 1.47 bits per heavy atom. The van der Waals surface area contributed by atoms with Crippen LogP contribution in [0.1, 0.15) is 12.5 Å². The molecule has 19 heavy (non-hydrogen) atoms. The van der Waals surface area contributed by atoms with Gasteiger partial charge in [0, 0.05) is 28.9 Å². The average molecular weight is 304 g/mol. The van der Waals surface area contributed by atoms with Crippen molar-refractivity contribution in [2.45, 2.75) is 11.8 Å². The third-order valence-corrected chi connectivity index (χ3v) is 5.13. The highest BCUT2D eigenvalue weighted by atomic mass is 32.2. The van der Waals surface area contributed by atoms with Crippen molar-refractivity contribution >= 4 is 20.8 Å². The van der Waals surface area contributed by atoms with Gasteiger partial charge in [-0.2, -0.15) is 5.26 Å². The minimum atomic E-state index is -3.98. The van der Waals surface area contributed by atoms with E-state index in [-0.39, 0.29) is 12.3 Å². The van der Waals surface area contributed by atoms with Gasteiger partial charge < -0.3 is 0 Å². The van der Waals surface area contributed by atoms with Crippen LogP contribution in [0.5, 0.6) is 0 Å². The molecule has 0 saturated heterocycles. The molecule has 0 heterocycles. The zero-order chi connectivity index (χ0) is 14.5. The first kappa shape index (κ1) is 15.8. The van der Waals surface area contributed by atoms with E-state index in [0.29, 0.717) is 5.75 Å². The first-order valence-electron chi connectivity index (χ1n) is 5.45. The van der Waals surface area contributed by atoms with E-state index < -0.39 is 37.1 Å². The van der Waals surface area contributed by atoms with Crippen LogP contribution in [0.3, 0.4) is 0 Å². The molecule has 0 saturated carbocycles. The molecule has 0 fully saturated rings.